The van der Waals surface area contributed by atoms with Crippen molar-refractivity contribution >= 4 is 75.6 Å². The first-order valence-electron chi connectivity index (χ1n) is 10.2. The Labute approximate surface area is 221 Å². The molecule has 0 aliphatic heterocycles. The second kappa shape index (κ2) is 13.0. The normalized spacial score (nSPS) is 12.6. The SMILES string of the molecule is CCNC(=S)NCCCC(=O)c1ccc(/C=C/C(c2cc(Cl)c(Cl)c(Cl)c2)C(F)(F)F)cc1Cl. The van der Waals surface area contributed by atoms with Crippen LogP contribution in [0.5, 0.6) is 0 Å². The fraction of sp³-hybridized carbons (Fsp3) is 0.304. The molecule has 3 nitrogen and oxygen atoms in total. The lowest BCUT2D eigenvalue weighted by Gasteiger charge is -2.18. The maximum absolute atomic E-state index is 13.7. The van der Waals surface area contributed by atoms with Gasteiger partial charge in [-0.3, -0.25) is 4.79 Å². The highest BCUT2D eigenvalue weighted by Crippen LogP contribution is 2.41. The summed E-state index contributed by atoms with van der Waals surface area (Å²) in [5.74, 6) is -2.14. The molecule has 0 amide bonds. The van der Waals surface area contributed by atoms with Crippen molar-refractivity contribution in [1.29, 1.82) is 0 Å². The Hall–Kier alpha value is -1.51. The van der Waals surface area contributed by atoms with E-state index in [-0.39, 0.29) is 37.9 Å². The lowest BCUT2D eigenvalue weighted by Crippen LogP contribution is -2.35. The van der Waals surface area contributed by atoms with Crippen LogP contribution in [0, 0.1) is 0 Å². The molecular weight excluding hydrogens is 551 g/mol. The number of alkyl halides is 3. The summed E-state index contributed by atoms with van der Waals surface area (Å²) in [4.78, 5) is 12.5. The Kier molecular flexibility index (Phi) is 11.0. The molecule has 0 radical (unpaired) electrons. The van der Waals surface area contributed by atoms with Crippen LogP contribution in [0.15, 0.2) is 36.4 Å². The largest absolute Gasteiger partial charge is 0.399 e. The van der Waals surface area contributed by atoms with E-state index in [1.807, 2.05) is 6.92 Å². The van der Waals surface area contributed by atoms with Crippen molar-refractivity contribution in [2.75, 3.05) is 13.1 Å². The first-order valence-corrected chi connectivity index (χ1v) is 12.1. The summed E-state index contributed by atoms with van der Waals surface area (Å²) in [5, 5.41) is 6.45. The van der Waals surface area contributed by atoms with E-state index < -0.39 is 12.1 Å². The zero-order valence-corrected chi connectivity index (χ0v) is 21.7. The third kappa shape index (κ3) is 8.31. The smallest absolute Gasteiger partial charge is 0.363 e. The molecule has 0 heterocycles. The van der Waals surface area contributed by atoms with Crippen LogP contribution in [-0.2, 0) is 0 Å². The van der Waals surface area contributed by atoms with Gasteiger partial charge in [-0.25, -0.2) is 0 Å². The molecule has 0 fully saturated rings. The quantitative estimate of drug-likeness (QED) is 0.138. The third-order valence-corrected chi connectivity index (χ3v) is 6.49. The van der Waals surface area contributed by atoms with Crippen LogP contribution in [0.3, 0.4) is 0 Å². The van der Waals surface area contributed by atoms with E-state index >= 15 is 0 Å². The highest BCUT2D eigenvalue weighted by molar-refractivity contribution is 7.80. The van der Waals surface area contributed by atoms with Crippen LogP contribution >= 0.6 is 58.6 Å². The number of carbonyl (C=O) groups excluding carboxylic acids is 1. The summed E-state index contributed by atoms with van der Waals surface area (Å²) in [5.41, 5.74) is 0.555. The number of benzene rings is 2. The molecule has 0 aromatic heterocycles. The van der Waals surface area contributed by atoms with Gasteiger partial charge in [0.25, 0.3) is 0 Å². The number of hydrogen-bond donors (Lipinski definition) is 2. The maximum Gasteiger partial charge on any atom is 0.399 e. The maximum atomic E-state index is 13.7. The fourth-order valence-corrected chi connectivity index (χ4v) is 4.19. The van der Waals surface area contributed by atoms with Crippen LogP contribution < -0.4 is 10.6 Å². The lowest BCUT2D eigenvalue weighted by molar-refractivity contribution is -0.139. The number of hydrogen-bond acceptors (Lipinski definition) is 2. The Morgan fingerprint density at radius 2 is 1.71 bits per heavy atom. The highest BCUT2D eigenvalue weighted by Gasteiger charge is 2.39. The van der Waals surface area contributed by atoms with Gasteiger partial charge in [0, 0.05) is 25.1 Å². The standard InChI is InChI=1S/C23H21Cl4F3N2OS/c1-2-31-22(34)32-9-3-4-20(33)15-7-5-13(10-17(15)24)6-8-16(23(28,29)30)14-11-18(25)21(27)19(26)12-14/h5-8,10-12,16H,2-4,9H2,1H3,(H2,31,32,34)/b8-6+. The number of thiocarbonyl (C=S) groups is 1. The number of ketones is 1. The minimum atomic E-state index is -4.60. The van der Waals surface area contributed by atoms with Crippen LogP contribution in [0.1, 0.15) is 47.2 Å². The summed E-state index contributed by atoms with van der Waals surface area (Å²) in [6.07, 6.45) is -1.56. The molecule has 1 atom stereocenters. The van der Waals surface area contributed by atoms with Gasteiger partial charge in [0.1, 0.15) is 0 Å². The van der Waals surface area contributed by atoms with Crippen LogP contribution in [-0.4, -0.2) is 30.2 Å². The third-order valence-electron chi connectivity index (χ3n) is 4.70. The minimum Gasteiger partial charge on any atom is -0.363 e. The van der Waals surface area contributed by atoms with Crippen LogP contribution in [0.25, 0.3) is 6.08 Å². The molecule has 11 heteroatoms. The second-order valence-corrected chi connectivity index (χ2v) is 9.24. The van der Waals surface area contributed by atoms with E-state index in [1.165, 1.54) is 24.3 Å². The average molecular weight is 572 g/mol. The van der Waals surface area contributed by atoms with E-state index in [9.17, 15) is 18.0 Å². The van der Waals surface area contributed by atoms with E-state index in [0.29, 0.717) is 35.7 Å². The van der Waals surface area contributed by atoms with Crippen LogP contribution in [0.2, 0.25) is 20.1 Å². The summed E-state index contributed by atoms with van der Waals surface area (Å²) >= 11 is 28.9. The molecular formula is C23H21Cl4F3N2OS. The molecule has 2 rings (SSSR count). The topological polar surface area (TPSA) is 41.1 Å². The molecule has 0 aliphatic carbocycles. The summed E-state index contributed by atoms with van der Waals surface area (Å²) in [6.45, 7) is 3.14. The van der Waals surface area contributed by atoms with Crippen molar-refractivity contribution in [3.63, 3.8) is 0 Å². The first-order chi connectivity index (χ1) is 15.9. The van der Waals surface area contributed by atoms with Gasteiger partial charge >= 0.3 is 6.18 Å². The van der Waals surface area contributed by atoms with Gasteiger partial charge in [-0.15, -0.1) is 0 Å². The molecule has 0 saturated heterocycles. The van der Waals surface area contributed by atoms with Gasteiger partial charge in [0.15, 0.2) is 10.9 Å². The van der Waals surface area contributed by atoms with Crippen molar-refractivity contribution in [1.82, 2.24) is 10.6 Å². The Balaban J connectivity index is 2.12. The highest BCUT2D eigenvalue weighted by atomic mass is 35.5. The van der Waals surface area contributed by atoms with Crippen molar-refractivity contribution in [3.05, 3.63) is 73.2 Å². The molecule has 0 saturated carbocycles. The zero-order valence-electron chi connectivity index (χ0n) is 17.9. The number of allylic oxidation sites excluding steroid dienone is 1. The molecule has 1 unspecified atom stereocenters. The monoisotopic (exact) mass is 570 g/mol. The molecule has 2 aromatic carbocycles. The molecule has 2 aromatic rings. The zero-order chi connectivity index (χ0) is 25.5. The van der Waals surface area contributed by atoms with Crippen molar-refractivity contribution in [2.45, 2.75) is 31.9 Å². The number of halogens is 7. The minimum absolute atomic E-state index is 0.0138. The van der Waals surface area contributed by atoms with E-state index in [4.69, 9.17) is 58.6 Å². The van der Waals surface area contributed by atoms with Crippen molar-refractivity contribution in [3.8, 4) is 0 Å². The van der Waals surface area contributed by atoms with Gasteiger partial charge in [0.05, 0.1) is 26.0 Å². The van der Waals surface area contributed by atoms with Crippen molar-refractivity contribution < 1.29 is 18.0 Å². The fourth-order valence-electron chi connectivity index (χ4n) is 3.04. The summed E-state index contributed by atoms with van der Waals surface area (Å²) < 4.78 is 41.1. The number of carbonyl (C=O) groups is 1. The number of Topliss-reactive ketones (excluding diaryl/α,β-unsaturated/α-hetero) is 1. The molecule has 184 valence electrons. The summed E-state index contributed by atoms with van der Waals surface area (Å²) in [6, 6.07) is 6.74. The Bertz CT molecular complexity index is 1050. The van der Waals surface area contributed by atoms with Crippen LogP contribution in [0.4, 0.5) is 13.2 Å². The molecule has 2 N–H and O–H groups in total. The molecule has 0 bridgehead atoms. The summed E-state index contributed by atoms with van der Waals surface area (Å²) in [7, 11) is 0. The Morgan fingerprint density at radius 3 is 2.26 bits per heavy atom. The predicted octanol–water partition coefficient (Wildman–Crippen LogP) is 8.11. The van der Waals surface area contributed by atoms with Crippen molar-refractivity contribution in [2.24, 2.45) is 0 Å². The second-order valence-electron chi connectivity index (χ2n) is 7.23. The predicted molar refractivity (Wildman–Crippen MR) is 139 cm³/mol. The molecule has 0 aliphatic rings. The lowest BCUT2D eigenvalue weighted by atomic mass is 9.96. The first kappa shape index (κ1) is 28.7. The van der Waals surface area contributed by atoms with Gasteiger partial charge in [0.2, 0.25) is 0 Å². The van der Waals surface area contributed by atoms with Gasteiger partial charge in [-0.05, 0) is 61.0 Å². The molecule has 34 heavy (non-hydrogen) atoms. The molecule has 0 spiro atoms. The van der Waals surface area contributed by atoms with E-state index in [2.05, 4.69) is 10.6 Å². The number of rotatable bonds is 9. The Morgan fingerprint density at radius 1 is 1.06 bits per heavy atom. The van der Waals surface area contributed by atoms with Gasteiger partial charge < -0.3 is 10.6 Å². The number of nitrogens with one attached hydrogen (secondary N) is 2. The van der Waals surface area contributed by atoms with E-state index in [1.54, 1.807) is 0 Å². The average Bonchev–Trinajstić information content (AvgIpc) is 2.74. The van der Waals surface area contributed by atoms with Gasteiger partial charge in [-0.2, -0.15) is 13.2 Å². The van der Waals surface area contributed by atoms with E-state index in [0.717, 1.165) is 18.2 Å². The van der Waals surface area contributed by atoms with Gasteiger partial charge in [-0.1, -0.05) is 64.6 Å².